The second kappa shape index (κ2) is 6.89. The maximum atomic E-state index is 11.7. The Kier molecular flexibility index (Phi) is 5.41. The van der Waals surface area contributed by atoms with Gasteiger partial charge < -0.3 is 10.1 Å². The van der Waals surface area contributed by atoms with E-state index in [-0.39, 0.29) is 18.9 Å². The Bertz CT molecular complexity index is 304. The molecule has 90 valence electrons. The molecule has 0 saturated heterocycles. The maximum Gasteiger partial charge on any atom is 0.261 e. The highest BCUT2D eigenvalue weighted by Crippen LogP contribution is 1.95. The van der Waals surface area contributed by atoms with Gasteiger partial charge in [-0.3, -0.25) is 9.89 Å². The number of aromatic amines is 1. The highest BCUT2D eigenvalue weighted by molar-refractivity contribution is 5.75. The Morgan fingerprint density at radius 3 is 3.06 bits per heavy atom. The molecule has 1 rings (SSSR count). The van der Waals surface area contributed by atoms with Crippen molar-refractivity contribution < 1.29 is 18.3 Å². The van der Waals surface area contributed by atoms with Crippen molar-refractivity contribution in [1.82, 2.24) is 15.5 Å². The minimum Gasteiger partial charge on any atom is -0.375 e. The Morgan fingerprint density at radius 2 is 2.44 bits per heavy atom. The highest BCUT2D eigenvalue weighted by atomic mass is 19.3. The van der Waals surface area contributed by atoms with Crippen molar-refractivity contribution in [2.24, 2.45) is 0 Å². The molecule has 2 N–H and O–H groups in total. The summed E-state index contributed by atoms with van der Waals surface area (Å²) in [5.41, 5.74) is 0.849. The molecule has 0 unspecified atom stereocenters. The third-order valence-corrected chi connectivity index (χ3v) is 1.76. The number of alkyl halides is 2. The summed E-state index contributed by atoms with van der Waals surface area (Å²) in [5, 5.41) is 8.93. The van der Waals surface area contributed by atoms with E-state index >= 15 is 0 Å². The average Bonchev–Trinajstić information content (AvgIpc) is 2.74. The molecule has 0 saturated carbocycles. The van der Waals surface area contributed by atoms with Crippen molar-refractivity contribution in [3.63, 3.8) is 0 Å². The van der Waals surface area contributed by atoms with E-state index in [1.165, 1.54) is 0 Å². The van der Waals surface area contributed by atoms with Crippen molar-refractivity contribution in [3.8, 4) is 0 Å². The Labute approximate surface area is 91.2 Å². The van der Waals surface area contributed by atoms with Crippen molar-refractivity contribution in [3.05, 3.63) is 18.0 Å². The molecule has 0 aliphatic rings. The van der Waals surface area contributed by atoms with Crippen LogP contribution in [0.2, 0.25) is 0 Å². The fourth-order valence-corrected chi connectivity index (χ4v) is 1.00. The van der Waals surface area contributed by atoms with Gasteiger partial charge in [-0.1, -0.05) is 0 Å². The van der Waals surface area contributed by atoms with Crippen LogP contribution < -0.4 is 5.32 Å². The van der Waals surface area contributed by atoms with Crippen LogP contribution >= 0.6 is 0 Å². The zero-order chi connectivity index (χ0) is 11.8. The van der Waals surface area contributed by atoms with E-state index in [1.54, 1.807) is 12.4 Å². The van der Waals surface area contributed by atoms with Crippen LogP contribution in [0.5, 0.6) is 0 Å². The van der Waals surface area contributed by atoms with Crippen LogP contribution in [0.3, 0.4) is 0 Å². The van der Waals surface area contributed by atoms with Crippen LogP contribution in [0.15, 0.2) is 12.4 Å². The van der Waals surface area contributed by atoms with E-state index in [1.807, 2.05) is 0 Å². The van der Waals surface area contributed by atoms with Crippen LogP contribution in [-0.2, 0) is 16.1 Å². The van der Waals surface area contributed by atoms with Crippen LogP contribution in [0.4, 0.5) is 8.78 Å². The van der Waals surface area contributed by atoms with Crippen molar-refractivity contribution >= 4 is 5.91 Å². The van der Waals surface area contributed by atoms with Gasteiger partial charge in [-0.25, -0.2) is 8.78 Å². The van der Waals surface area contributed by atoms with E-state index in [9.17, 15) is 13.6 Å². The number of hydrogen-bond donors (Lipinski definition) is 2. The second-order valence-electron chi connectivity index (χ2n) is 3.10. The molecule has 0 bridgehead atoms. The molecule has 0 aliphatic carbocycles. The van der Waals surface area contributed by atoms with E-state index in [0.717, 1.165) is 5.56 Å². The van der Waals surface area contributed by atoms with Gasteiger partial charge in [0.25, 0.3) is 6.43 Å². The highest BCUT2D eigenvalue weighted by Gasteiger charge is 2.04. The van der Waals surface area contributed by atoms with E-state index in [0.29, 0.717) is 6.54 Å². The number of ether oxygens (including phenoxy) is 1. The molecule has 0 fully saturated rings. The molecule has 7 heteroatoms. The van der Waals surface area contributed by atoms with Gasteiger partial charge in [-0.2, -0.15) is 5.10 Å². The number of carbonyl (C=O) groups excluding carboxylic acids is 1. The minimum absolute atomic E-state index is 0.00155. The standard InChI is InChI=1S/C9H13F2N3O2/c10-8(11)6-16-2-1-9(15)12-3-7-4-13-14-5-7/h4-5,8H,1-3,6H2,(H,12,15)(H,13,14). The molecule has 0 spiro atoms. The SMILES string of the molecule is O=C(CCOCC(F)F)NCc1cn[nH]c1. The summed E-state index contributed by atoms with van der Waals surface area (Å²) in [6.07, 6.45) is 0.833. The fourth-order valence-electron chi connectivity index (χ4n) is 1.00. The van der Waals surface area contributed by atoms with Gasteiger partial charge in [0.15, 0.2) is 0 Å². The lowest BCUT2D eigenvalue weighted by Gasteiger charge is -2.04. The van der Waals surface area contributed by atoms with Gasteiger partial charge in [0.05, 0.1) is 12.8 Å². The summed E-state index contributed by atoms with van der Waals surface area (Å²) in [6.45, 7) is -0.263. The first-order valence-corrected chi connectivity index (χ1v) is 4.78. The molecule has 1 amide bonds. The summed E-state index contributed by atoms with van der Waals surface area (Å²) in [6, 6.07) is 0. The topological polar surface area (TPSA) is 67.0 Å². The van der Waals surface area contributed by atoms with Crippen LogP contribution in [-0.4, -0.2) is 35.7 Å². The molecular formula is C9H13F2N3O2. The first-order valence-electron chi connectivity index (χ1n) is 4.78. The Morgan fingerprint density at radius 1 is 1.62 bits per heavy atom. The normalized spacial score (nSPS) is 10.7. The van der Waals surface area contributed by atoms with Gasteiger partial charge in [0.1, 0.15) is 6.61 Å². The number of nitrogens with one attached hydrogen (secondary N) is 2. The summed E-state index contributed by atoms with van der Waals surface area (Å²) in [7, 11) is 0. The molecule has 1 aromatic heterocycles. The first-order chi connectivity index (χ1) is 7.68. The minimum atomic E-state index is -2.49. The third kappa shape index (κ3) is 5.40. The predicted octanol–water partition coefficient (Wildman–Crippen LogP) is 0.698. The number of carbonyl (C=O) groups is 1. The van der Waals surface area contributed by atoms with Gasteiger partial charge in [0, 0.05) is 24.7 Å². The lowest BCUT2D eigenvalue weighted by atomic mass is 10.3. The van der Waals surface area contributed by atoms with Gasteiger partial charge in [-0.15, -0.1) is 0 Å². The maximum absolute atomic E-state index is 11.7. The fraction of sp³-hybridized carbons (Fsp3) is 0.556. The van der Waals surface area contributed by atoms with E-state index in [2.05, 4.69) is 20.3 Å². The van der Waals surface area contributed by atoms with Gasteiger partial charge >= 0.3 is 0 Å². The van der Waals surface area contributed by atoms with Gasteiger partial charge in [-0.05, 0) is 0 Å². The summed E-state index contributed by atoms with van der Waals surface area (Å²) < 4.78 is 27.9. The summed E-state index contributed by atoms with van der Waals surface area (Å²) in [5.74, 6) is -0.240. The number of amides is 1. The zero-order valence-electron chi connectivity index (χ0n) is 8.58. The lowest BCUT2D eigenvalue weighted by Crippen LogP contribution is -2.24. The van der Waals surface area contributed by atoms with Crippen molar-refractivity contribution in [2.75, 3.05) is 13.2 Å². The van der Waals surface area contributed by atoms with Gasteiger partial charge in [0.2, 0.25) is 5.91 Å². The molecule has 0 aliphatic heterocycles. The number of hydrogen-bond acceptors (Lipinski definition) is 3. The molecule has 0 atom stereocenters. The van der Waals surface area contributed by atoms with E-state index in [4.69, 9.17) is 0 Å². The molecule has 0 radical (unpaired) electrons. The number of aromatic nitrogens is 2. The Balaban J connectivity index is 2.03. The quantitative estimate of drug-likeness (QED) is 0.681. The molecular weight excluding hydrogens is 220 g/mol. The molecule has 0 aromatic carbocycles. The van der Waals surface area contributed by atoms with Crippen molar-refractivity contribution in [2.45, 2.75) is 19.4 Å². The second-order valence-corrected chi connectivity index (χ2v) is 3.10. The predicted molar refractivity (Wildman–Crippen MR) is 51.9 cm³/mol. The first kappa shape index (κ1) is 12.6. The van der Waals surface area contributed by atoms with E-state index < -0.39 is 13.0 Å². The largest absolute Gasteiger partial charge is 0.375 e. The number of nitrogens with zero attached hydrogens (tertiary/aromatic N) is 1. The zero-order valence-corrected chi connectivity index (χ0v) is 8.58. The summed E-state index contributed by atoms with van der Waals surface area (Å²) in [4.78, 5) is 11.2. The van der Waals surface area contributed by atoms with Crippen LogP contribution in [0.1, 0.15) is 12.0 Å². The molecule has 1 aromatic rings. The molecule has 16 heavy (non-hydrogen) atoms. The number of halogens is 2. The lowest BCUT2D eigenvalue weighted by molar-refractivity contribution is -0.122. The third-order valence-electron chi connectivity index (χ3n) is 1.76. The molecule has 5 nitrogen and oxygen atoms in total. The average molecular weight is 233 g/mol. The smallest absolute Gasteiger partial charge is 0.261 e. The van der Waals surface area contributed by atoms with Crippen LogP contribution in [0, 0.1) is 0 Å². The Hall–Kier alpha value is -1.50. The monoisotopic (exact) mass is 233 g/mol. The number of rotatable bonds is 7. The van der Waals surface area contributed by atoms with Crippen molar-refractivity contribution in [1.29, 1.82) is 0 Å². The summed E-state index contributed by atoms with van der Waals surface area (Å²) >= 11 is 0. The number of H-pyrrole nitrogens is 1. The van der Waals surface area contributed by atoms with Crippen LogP contribution in [0.25, 0.3) is 0 Å². The molecule has 1 heterocycles.